The van der Waals surface area contributed by atoms with Crippen molar-refractivity contribution in [3.8, 4) is 0 Å². The molecule has 3 aliphatic rings. The number of Topliss-reactive ketones (excluding diaryl/α,β-unsaturated/α-hetero) is 1. The zero-order valence-electron chi connectivity index (χ0n) is 14.7. The molecular formula is C17H30O3Si. The van der Waals surface area contributed by atoms with Crippen LogP contribution < -0.4 is 0 Å². The second-order valence-corrected chi connectivity index (χ2v) is 12.9. The fraction of sp³-hybridized carbons (Fsp3) is 0.824. The van der Waals surface area contributed by atoms with Crippen molar-refractivity contribution in [1.29, 1.82) is 0 Å². The van der Waals surface area contributed by atoms with Gasteiger partial charge < -0.3 is 9.16 Å². The number of fused-ring (bicyclic) bond motifs is 2. The van der Waals surface area contributed by atoms with E-state index < -0.39 is 13.9 Å². The maximum atomic E-state index is 12.4. The van der Waals surface area contributed by atoms with Crippen molar-refractivity contribution >= 4 is 14.1 Å². The Labute approximate surface area is 130 Å². The fourth-order valence-electron chi connectivity index (χ4n) is 4.89. The van der Waals surface area contributed by atoms with Crippen molar-refractivity contribution in [1.82, 2.24) is 0 Å². The lowest BCUT2D eigenvalue weighted by Gasteiger charge is -2.61. The van der Waals surface area contributed by atoms with E-state index in [2.05, 4.69) is 46.5 Å². The summed E-state index contributed by atoms with van der Waals surface area (Å²) >= 11 is 0. The monoisotopic (exact) mass is 310 g/mol. The van der Waals surface area contributed by atoms with Gasteiger partial charge in [0.2, 0.25) is 0 Å². The molecule has 0 amide bonds. The van der Waals surface area contributed by atoms with Gasteiger partial charge in [0, 0.05) is 13.0 Å². The molecule has 0 saturated heterocycles. The minimum Gasteiger partial charge on any atom is -0.408 e. The molecule has 0 aromatic carbocycles. The second kappa shape index (κ2) is 5.03. The lowest BCUT2D eigenvalue weighted by molar-refractivity contribution is -0.168. The Hall–Kier alpha value is -0.453. The first-order valence-electron chi connectivity index (χ1n) is 7.86. The Balaban J connectivity index is 2.60. The van der Waals surface area contributed by atoms with Gasteiger partial charge in [0.15, 0.2) is 8.32 Å². The summed E-state index contributed by atoms with van der Waals surface area (Å²) < 4.78 is 12.4. The van der Waals surface area contributed by atoms with E-state index >= 15 is 0 Å². The van der Waals surface area contributed by atoms with Crippen LogP contribution in [0.5, 0.6) is 0 Å². The number of hydrogen-bond donors (Lipinski definition) is 0. The molecule has 3 aliphatic carbocycles. The average Bonchev–Trinajstić information content (AvgIpc) is 2.21. The van der Waals surface area contributed by atoms with E-state index in [0.717, 1.165) is 6.42 Å². The van der Waals surface area contributed by atoms with E-state index in [1.807, 2.05) is 0 Å². The third kappa shape index (κ3) is 2.78. The predicted octanol–water partition coefficient (Wildman–Crippen LogP) is 3.80. The average molecular weight is 311 g/mol. The molecule has 0 spiro atoms. The quantitative estimate of drug-likeness (QED) is 0.585. The summed E-state index contributed by atoms with van der Waals surface area (Å²) in [6.07, 6.45) is 3.06. The van der Waals surface area contributed by atoms with Crippen molar-refractivity contribution < 1.29 is 14.0 Å². The number of methoxy groups -OCH3 is 1. The minimum absolute atomic E-state index is 0.0763. The topological polar surface area (TPSA) is 35.5 Å². The highest BCUT2D eigenvalue weighted by Gasteiger charge is 2.62. The van der Waals surface area contributed by atoms with Gasteiger partial charge in [0.1, 0.15) is 5.78 Å². The van der Waals surface area contributed by atoms with Crippen LogP contribution in [0.3, 0.4) is 0 Å². The third-order valence-electron chi connectivity index (χ3n) is 4.93. The van der Waals surface area contributed by atoms with Crippen LogP contribution >= 0.6 is 0 Å². The van der Waals surface area contributed by atoms with Crippen LogP contribution in [0.4, 0.5) is 0 Å². The van der Waals surface area contributed by atoms with Crippen molar-refractivity contribution in [3.05, 3.63) is 11.6 Å². The van der Waals surface area contributed by atoms with Gasteiger partial charge in [-0.1, -0.05) is 25.5 Å². The van der Waals surface area contributed by atoms with Crippen LogP contribution in [0.25, 0.3) is 0 Å². The molecule has 4 atom stereocenters. The van der Waals surface area contributed by atoms with Gasteiger partial charge >= 0.3 is 0 Å². The van der Waals surface area contributed by atoms with Gasteiger partial charge in [-0.2, -0.15) is 0 Å². The Bertz CT molecular complexity index is 475. The maximum absolute atomic E-state index is 12.4. The number of hydrogen-bond acceptors (Lipinski definition) is 3. The smallest absolute Gasteiger partial charge is 0.184 e. The van der Waals surface area contributed by atoms with E-state index in [9.17, 15) is 4.79 Å². The van der Waals surface area contributed by atoms with Crippen molar-refractivity contribution in [2.45, 2.75) is 65.5 Å². The SMILES string of the molecule is CO[C@H]1[C@@H](C(C)=O)[C@@]2(O[Si](C)(C)C)C=C(C)[C@@H]1C(C)(C)C2. The molecule has 0 aliphatic heterocycles. The van der Waals surface area contributed by atoms with Crippen LogP contribution in [0.1, 0.15) is 34.1 Å². The first kappa shape index (κ1) is 16.9. The molecule has 1 saturated carbocycles. The molecule has 4 heteroatoms. The van der Waals surface area contributed by atoms with Gasteiger partial charge in [-0.3, -0.25) is 4.79 Å². The van der Waals surface area contributed by atoms with Crippen LogP contribution in [0.2, 0.25) is 19.6 Å². The molecule has 0 aromatic rings. The summed E-state index contributed by atoms with van der Waals surface area (Å²) in [4.78, 5) is 12.4. The van der Waals surface area contributed by atoms with Crippen molar-refractivity contribution in [2.24, 2.45) is 17.3 Å². The number of ether oxygens (including phenoxy) is 1. The van der Waals surface area contributed by atoms with E-state index in [1.54, 1.807) is 14.0 Å². The lowest BCUT2D eigenvalue weighted by Crippen LogP contribution is -2.66. The Morgan fingerprint density at radius 3 is 2.29 bits per heavy atom. The summed E-state index contributed by atoms with van der Waals surface area (Å²) in [5.74, 6) is 0.295. The molecule has 0 N–H and O–H groups in total. The highest BCUT2D eigenvalue weighted by molar-refractivity contribution is 6.69. The van der Waals surface area contributed by atoms with Gasteiger partial charge in [0.25, 0.3) is 0 Å². The Morgan fingerprint density at radius 1 is 1.33 bits per heavy atom. The number of carbonyl (C=O) groups is 1. The minimum atomic E-state index is -1.79. The van der Waals surface area contributed by atoms with Crippen LogP contribution in [-0.4, -0.2) is 32.9 Å². The molecule has 1 fully saturated rings. The van der Waals surface area contributed by atoms with Crippen LogP contribution in [0.15, 0.2) is 11.6 Å². The molecule has 0 aromatic heterocycles. The molecule has 0 heterocycles. The number of carbonyl (C=O) groups excluding carboxylic acids is 1. The van der Waals surface area contributed by atoms with E-state index in [1.165, 1.54) is 5.57 Å². The first-order valence-corrected chi connectivity index (χ1v) is 11.3. The predicted molar refractivity (Wildman–Crippen MR) is 87.8 cm³/mol. The molecule has 2 bridgehead atoms. The van der Waals surface area contributed by atoms with Gasteiger partial charge in [-0.15, -0.1) is 0 Å². The first-order chi connectivity index (χ1) is 9.43. The highest BCUT2D eigenvalue weighted by Crippen LogP contribution is 2.58. The van der Waals surface area contributed by atoms with E-state index in [-0.39, 0.29) is 23.2 Å². The van der Waals surface area contributed by atoms with Crippen LogP contribution in [0, 0.1) is 17.3 Å². The summed E-state index contributed by atoms with van der Waals surface area (Å²) in [6, 6.07) is 0. The van der Waals surface area contributed by atoms with E-state index in [4.69, 9.17) is 9.16 Å². The molecule has 0 unspecified atom stereocenters. The zero-order valence-corrected chi connectivity index (χ0v) is 15.7. The third-order valence-corrected chi connectivity index (χ3v) is 5.92. The Morgan fingerprint density at radius 2 is 1.90 bits per heavy atom. The zero-order chi connectivity index (χ0) is 16.2. The highest BCUT2D eigenvalue weighted by atomic mass is 28.4. The molecule has 3 nitrogen and oxygen atoms in total. The second-order valence-electron chi connectivity index (χ2n) is 8.49. The largest absolute Gasteiger partial charge is 0.408 e. The molecule has 0 radical (unpaired) electrons. The lowest BCUT2D eigenvalue weighted by atomic mass is 9.50. The fourth-order valence-corrected chi connectivity index (χ4v) is 6.28. The Kier molecular flexibility index (Phi) is 4.05. The maximum Gasteiger partial charge on any atom is 0.184 e. The van der Waals surface area contributed by atoms with Crippen molar-refractivity contribution in [2.75, 3.05) is 7.11 Å². The normalized spacial score (nSPS) is 38.3. The summed E-state index contributed by atoms with van der Waals surface area (Å²) in [7, 11) is -0.0588. The standard InChI is InChI=1S/C17H30O3Si/c1-11-9-17(20-21(6,7)8)10-16(3,4)13(11)15(19-5)14(17)12(2)18/h9,13-15H,10H2,1-8H3/t13-,14+,15+,17+/m0/s1. The summed E-state index contributed by atoms with van der Waals surface area (Å²) in [5, 5.41) is 0. The van der Waals surface area contributed by atoms with Gasteiger partial charge in [-0.25, -0.2) is 0 Å². The summed E-state index contributed by atoms with van der Waals surface area (Å²) in [6.45, 7) is 15.0. The van der Waals surface area contributed by atoms with Gasteiger partial charge in [-0.05, 0) is 45.3 Å². The molecular weight excluding hydrogens is 280 g/mol. The molecule has 120 valence electrons. The summed E-state index contributed by atoms with van der Waals surface area (Å²) in [5.41, 5.74) is 0.915. The van der Waals surface area contributed by atoms with E-state index in [0.29, 0.717) is 5.92 Å². The number of ketones is 1. The van der Waals surface area contributed by atoms with Crippen LogP contribution in [-0.2, 0) is 14.0 Å². The van der Waals surface area contributed by atoms with Crippen molar-refractivity contribution in [3.63, 3.8) is 0 Å². The van der Waals surface area contributed by atoms with Gasteiger partial charge in [0.05, 0.1) is 17.6 Å². The molecule has 3 rings (SSSR count). The molecule has 21 heavy (non-hydrogen) atoms. The number of rotatable bonds is 4.